The Morgan fingerprint density at radius 1 is 1.48 bits per heavy atom. The summed E-state index contributed by atoms with van der Waals surface area (Å²) in [6.45, 7) is 6.54. The molecule has 0 aromatic heterocycles. The van der Waals surface area contributed by atoms with Gasteiger partial charge in [-0.05, 0) is 80.0 Å². The lowest BCUT2D eigenvalue weighted by atomic mass is 9.61. The summed E-state index contributed by atoms with van der Waals surface area (Å²) in [6.07, 6.45) is 9.09. The van der Waals surface area contributed by atoms with Crippen molar-refractivity contribution in [2.75, 3.05) is 14.1 Å². The molecule has 2 rings (SSSR count). The maximum absolute atomic E-state index is 12.1. The van der Waals surface area contributed by atoms with Gasteiger partial charge in [0.2, 0.25) is 0 Å². The number of carbonyl (C=O) groups is 1. The number of likely N-dealkylation sites (N-methyl/N-ethyl adjacent to an activating group) is 1. The second-order valence-electron chi connectivity index (χ2n) is 9.12. The zero-order chi connectivity index (χ0) is 18.8. The van der Waals surface area contributed by atoms with Crippen molar-refractivity contribution < 1.29 is 9.90 Å². The lowest BCUT2D eigenvalue weighted by molar-refractivity contribution is -0.147. The highest BCUT2D eigenvalue weighted by atomic mass is 79.9. The average Bonchev–Trinajstić information content (AvgIpc) is 2.90. The lowest BCUT2D eigenvalue weighted by Crippen LogP contribution is -2.43. The van der Waals surface area contributed by atoms with Gasteiger partial charge in [-0.3, -0.25) is 4.79 Å². The normalized spacial score (nSPS) is 34.4. The fourth-order valence-electron chi connectivity index (χ4n) is 5.70. The first-order chi connectivity index (χ1) is 11.6. The molecular formula is C21H36BrNO2. The van der Waals surface area contributed by atoms with Crippen molar-refractivity contribution in [2.45, 2.75) is 77.7 Å². The first kappa shape index (κ1) is 21.0. The molecule has 5 atom stereocenters. The van der Waals surface area contributed by atoms with E-state index in [0.717, 1.165) is 24.7 Å². The minimum absolute atomic E-state index is 0.188. The van der Waals surface area contributed by atoms with Gasteiger partial charge in [-0.2, -0.15) is 0 Å². The summed E-state index contributed by atoms with van der Waals surface area (Å²) in [6, 6.07) is 0. The van der Waals surface area contributed by atoms with E-state index in [1.54, 1.807) is 26.6 Å². The molecule has 0 bridgehead atoms. The number of carbonyl (C=O) groups excluding carboxylic acids is 1. The van der Waals surface area contributed by atoms with Gasteiger partial charge in [0.05, 0.1) is 0 Å². The summed E-state index contributed by atoms with van der Waals surface area (Å²) in [7, 11) is 3.41. The van der Waals surface area contributed by atoms with Crippen LogP contribution >= 0.6 is 15.9 Å². The monoisotopic (exact) mass is 413 g/mol. The van der Waals surface area contributed by atoms with Crippen molar-refractivity contribution in [1.29, 1.82) is 0 Å². The third-order valence-corrected chi connectivity index (χ3v) is 7.64. The fraction of sp³-hybridized carbons (Fsp3) is 0.857. The van der Waals surface area contributed by atoms with Gasteiger partial charge in [0.25, 0.3) is 5.91 Å². The van der Waals surface area contributed by atoms with Crippen molar-refractivity contribution in [2.24, 2.45) is 23.2 Å². The summed E-state index contributed by atoms with van der Waals surface area (Å²) < 4.78 is 0. The van der Waals surface area contributed by atoms with E-state index in [2.05, 4.69) is 34.8 Å². The van der Waals surface area contributed by atoms with Crippen LogP contribution in [-0.4, -0.2) is 35.6 Å². The maximum Gasteiger partial charge on any atom is 0.253 e. The van der Waals surface area contributed by atoms with Crippen LogP contribution in [0.5, 0.6) is 0 Å². The molecule has 2 fully saturated rings. The number of hydrogen-bond donors (Lipinski definition) is 1. The number of allylic oxidation sites excluding steroid dienone is 1. The average molecular weight is 414 g/mol. The molecule has 0 aromatic carbocycles. The van der Waals surface area contributed by atoms with E-state index in [9.17, 15) is 9.90 Å². The van der Waals surface area contributed by atoms with E-state index in [1.807, 2.05) is 0 Å². The molecule has 0 spiro atoms. The molecule has 0 saturated heterocycles. The molecule has 0 aliphatic heterocycles. The van der Waals surface area contributed by atoms with Crippen molar-refractivity contribution >= 4 is 21.8 Å². The van der Waals surface area contributed by atoms with Crippen molar-refractivity contribution in [3.8, 4) is 0 Å². The van der Waals surface area contributed by atoms with Gasteiger partial charge in [-0.25, -0.2) is 0 Å². The van der Waals surface area contributed by atoms with Crippen molar-refractivity contribution in [3.63, 3.8) is 0 Å². The molecule has 0 aromatic rings. The molecule has 1 unspecified atom stereocenters. The summed E-state index contributed by atoms with van der Waals surface area (Å²) in [5.74, 6) is 1.96. The Bertz CT molecular complexity index is 514. The van der Waals surface area contributed by atoms with Crippen LogP contribution < -0.4 is 0 Å². The van der Waals surface area contributed by atoms with Gasteiger partial charge in [-0.1, -0.05) is 41.8 Å². The largest absolute Gasteiger partial charge is 0.380 e. The highest BCUT2D eigenvalue weighted by Gasteiger charge is 2.50. The number of aliphatic hydroxyl groups is 1. The first-order valence-corrected chi connectivity index (χ1v) is 10.8. The van der Waals surface area contributed by atoms with Gasteiger partial charge < -0.3 is 10.0 Å². The molecule has 3 nitrogen and oxygen atoms in total. The third kappa shape index (κ3) is 4.32. The molecule has 2 aliphatic carbocycles. The van der Waals surface area contributed by atoms with E-state index >= 15 is 0 Å². The molecule has 2 saturated carbocycles. The van der Waals surface area contributed by atoms with E-state index in [4.69, 9.17) is 0 Å². The molecule has 144 valence electrons. The molecular weight excluding hydrogens is 378 g/mol. The third-order valence-electron chi connectivity index (χ3n) is 7.05. The number of nitrogens with zero attached hydrogens (tertiary/aromatic N) is 1. The second-order valence-corrected chi connectivity index (χ2v) is 9.58. The van der Waals surface area contributed by atoms with Crippen LogP contribution in [0.1, 0.15) is 72.1 Å². The lowest BCUT2D eigenvalue weighted by Gasteiger charge is -2.44. The minimum atomic E-state index is -1.23. The predicted octanol–water partition coefficient (Wildman–Crippen LogP) is 5.13. The smallest absolute Gasteiger partial charge is 0.253 e. The van der Waals surface area contributed by atoms with E-state index < -0.39 is 5.60 Å². The quantitative estimate of drug-likeness (QED) is 0.655. The predicted molar refractivity (Wildman–Crippen MR) is 108 cm³/mol. The summed E-state index contributed by atoms with van der Waals surface area (Å²) >= 11 is 3.59. The molecule has 0 heterocycles. The van der Waals surface area contributed by atoms with Gasteiger partial charge >= 0.3 is 0 Å². The fourth-order valence-corrected chi connectivity index (χ4v) is 6.25. The highest BCUT2D eigenvalue weighted by molar-refractivity contribution is 9.11. The van der Waals surface area contributed by atoms with Crippen LogP contribution in [-0.2, 0) is 4.79 Å². The van der Waals surface area contributed by atoms with Gasteiger partial charge in [-0.15, -0.1) is 0 Å². The molecule has 1 N–H and O–H groups in total. The Kier molecular flexibility index (Phi) is 6.81. The van der Waals surface area contributed by atoms with Crippen LogP contribution in [0.15, 0.2) is 10.6 Å². The van der Waals surface area contributed by atoms with Crippen LogP contribution in [0, 0.1) is 23.2 Å². The second kappa shape index (κ2) is 8.12. The standard InChI is InChI=1S/C21H36BrNO2/c1-15(8-6-13-21(3,25)19(24)23(4)5)17-10-11-18-16(14-22)9-7-12-20(17,18)2/h14-15,17-18,25H,6-13H2,1-5H3/b16-14+/t15-,17-,18?,20-,21-/m1/s1. The van der Waals surface area contributed by atoms with E-state index in [0.29, 0.717) is 17.8 Å². The summed E-state index contributed by atoms with van der Waals surface area (Å²) in [4.78, 5) is 15.7. The Hall–Kier alpha value is -0.350. The number of amides is 1. The highest BCUT2D eigenvalue weighted by Crippen LogP contribution is 2.60. The Labute approximate surface area is 162 Å². The number of halogens is 1. The number of rotatable bonds is 6. The zero-order valence-electron chi connectivity index (χ0n) is 16.6. The van der Waals surface area contributed by atoms with E-state index in [-0.39, 0.29) is 5.91 Å². The maximum atomic E-state index is 12.1. The van der Waals surface area contributed by atoms with Crippen LogP contribution in [0.25, 0.3) is 0 Å². The Morgan fingerprint density at radius 2 is 2.16 bits per heavy atom. The Balaban J connectivity index is 1.93. The topological polar surface area (TPSA) is 40.5 Å². The van der Waals surface area contributed by atoms with E-state index in [1.165, 1.54) is 37.0 Å². The summed E-state index contributed by atoms with van der Waals surface area (Å²) in [5, 5.41) is 10.4. The van der Waals surface area contributed by atoms with Crippen molar-refractivity contribution in [1.82, 2.24) is 4.90 Å². The van der Waals surface area contributed by atoms with Gasteiger partial charge in [0.1, 0.15) is 5.60 Å². The molecule has 25 heavy (non-hydrogen) atoms. The van der Waals surface area contributed by atoms with Crippen LogP contribution in [0.2, 0.25) is 0 Å². The van der Waals surface area contributed by atoms with Crippen molar-refractivity contribution in [3.05, 3.63) is 10.6 Å². The minimum Gasteiger partial charge on any atom is -0.380 e. The SMILES string of the molecule is C[C@H](CCC[C@@](C)(O)C(=O)N(C)C)[C@H]1CCC2/C(=C/Br)CCC[C@@]21C. The number of fused-ring (bicyclic) bond motifs is 1. The first-order valence-electron chi connectivity index (χ1n) is 9.86. The molecule has 4 heteroatoms. The summed E-state index contributed by atoms with van der Waals surface area (Å²) in [5.41, 5.74) is 0.810. The van der Waals surface area contributed by atoms with Crippen LogP contribution in [0.3, 0.4) is 0 Å². The zero-order valence-corrected chi connectivity index (χ0v) is 18.2. The molecule has 0 radical (unpaired) electrons. The van der Waals surface area contributed by atoms with Gasteiger partial charge in [0, 0.05) is 14.1 Å². The molecule has 1 amide bonds. The van der Waals surface area contributed by atoms with Crippen LogP contribution in [0.4, 0.5) is 0 Å². The Morgan fingerprint density at radius 3 is 2.76 bits per heavy atom. The van der Waals surface area contributed by atoms with Gasteiger partial charge in [0.15, 0.2) is 0 Å². The molecule has 2 aliphatic rings. The number of hydrogen-bond acceptors (Lipinski definition) is 2.